The van der Waals surface area contributed by atoms with Gasteiger partial charge in [0.15, 0.2) is 17.6 Å². The predicted octanol–water partition coefficient (Wildman–Crippen LogP) is 2.78. The maximum atomic E-state index is 11.9. The zero-order valence-corrected chi connectivity index (χ0v) is 11.5. The molecule has 4 heteroatoms. The molecule has 0 aromatic rings. The molecule has 0 saturated heterocycles. The molecule has 0 bridgehead atoms. The number of carbonyl (C=O) groups excluding carboxylic acids is 2. The van der Waals surface area contributed by atoms with Crippen molar-refractivity contribution in [2.24, 2.45) is 11.8 Å². The summed E-state index contributed by atoms with van der Waals surface area (Å²) < 4.78 is 5.04. The van der Waals surface area contributed by atoms with Gasteiger partial charge in [0.1, 0.15) is 5.57 Å². The molecule has 102 valence electrons. The molecule has 0 amide bonds. The van der Waals surface area contributed by atoms with Crippen molar-refractivity contribution in [3.8, 4) is 0 Å². The summed E-state index contributed by atoms with van der Waals surface area (Å²) in [4.78, 5) is 23.5. The number of ketones is 1. The van der Waals surface area contributed by atoms with Gasteiger partial charge in [0.05, 0.1) is 0 Å². The topological polar surface area (TPSA) is 63.6 Å². The highest BCUT2D eigenvalue weighted by atomic mass is 16.6. The van der Waals surface area contributed by atoms with E-state index in [9.17, 15) is 14.7 Å². The van der Waals surface area contributed by atoms with Crippen LogP contribution in [0.2, 0.25) is 0 Å². The normalized spacial score (nSPS) is 19.9. The van der Waals surface area contributed by atoms with Crippen LogP contribution in [-0.4, -0.2) is 23.0 Å². The quantitative estimate of drug-likeness (QED) is 0.584. The van der Waals surface area contributed by atoms with Gasteiger partial charge >= 0.3 is 5.97 Å². The Morgan fingerprint density at radius 2 is 1.89 bits per heavy atom. The van der Waals surface area contributed by atoms with Crippen molar-refractivity contribution in [3.63, 3.8) is 0 Å². The average molecular weight is 254 g/mol. The smallest absolute Gasteiger partial charge is 0.346 e. The third-order valence-electron chi connectivity index (χ3n) is 2.93. The molecule has 1 heterocycles. The minimum Gasteiger partial charge on any atom is -0.507 e. The second-order valence-electron chi connectivity index (χ2n) is 5.64. The van der Waals surface area contributed by atoms with Gasteiger partial charge in [0, 0.05) is 6.42 Å². The lowest BCUT2D eigenvalue weighted by Crippen LogP contribution is -2.14. The van der Waals surface area contributed by atoms with Gasteiger partial charge in [-0.25, -0.2) is 4.79 Å². The number of ether oxygens (including phenoxy) is 1. The molecular weight excluding hydrogens is 232 g/mol. The van der Waals surface area contributed by atoms with E-state index < -0.39 is 12.1 Å². The van der Waals surface area contributed by atoms with Crippen molar-refractivity contribution in [2.45, 2.75) is 53.1 Å². The van der Waals surface area contributed by atoms with E-state index in [-0.39, 0.29) is 29.5 Å². The van der Waals surface area contributed by atoms with Gasteiger partial charge in [-0.05, 0) is 24.7 Å². The van der Waals surface area contributed by atoms with Gasteiger partial charge < -0.3 is 9.84 Å². The maximum Gasteiger partial charge on any atom is 0.346 e. The van der Waals surface area contributed by atoms with E-state index in [1.807, 2.05) is 27.7 Å². The van der Waals surface area contributed by atoms with Gasteiger partial charge in [-0.15, -0.1) is 0 Å². The Hall–Kier alpha value is -1.32. The van der Waals surface area contributed by atoms with Crippen LogP contribution in [0.5, 0.6) is 0 Å². The number of aliphatic hydroxyl groups excluding tert-OH is 1. The zero-order chi connectivity index (χ0) is 13.9. The molecule has 0 fully saturated rings. The Balaban J connectivity index is 2.75. The molecular formula is C14H22O4. The van der Waals surface area contributed by atoms with E-state index in [2.05, 4.69) is 0 Å². The number of Topliss-reactive ketones (excluding diaryl/α,β-unsaturated/α-hetero) is 1. The van der Waals surface area contributed by atoms with Crippen molar-refractivity contribution in [3.05, 3.63) is 11.3 Å². The lowest BCUT2D eigenvalue weighted by molar-refractivity contribution is -0.141. The fourth-order valence-corrected chi connectivity index (χ4v) is 1.90. The van der Waals surface area contributed by atoms with Crippen molar-refractivity contribution in [1.82, 2.24) is 0 Å². The molecule has 18 heavy (non-hydrogen) atoms. The van der Waals surface area contributed by atoms with Crippen LogP contribution in [0.3, 0.4) is 0 Å². The summed E-state index contributed by atoms with van der Waals surface area (Å²) >= 11 is 0. The van der Waals surface area contributed by atoms with Crippen LogP contribution in [0.25, 0.3) is 0 Å². The number of hydrogen-bond acceptors (Lipinski definition) is 4. The van der Waals surface area contributed by atoms with Crippen LogP contribution >= 0.6 is 0 Å². The third kappa shape index (κ3) is 3.59. The molecule has 0 spiro atoms. The first-order valence-electron chi connectivity index (χ1n) is 6.50. The molecule has 0 saturated carbocycles. The molecule has 1 rings (SSSR count). The number of esters is 1. The Kier molecular flexibility index (Phi) is 4.93. The fourth-order valence-electron chi connectivity index (χ4n) is 1.90. The highest BCUT2D eigenvalue weighted by Gasteiger charge is 2.37. The van der Waals surface area contributed by atoms with E-state index in [1.165, 1.54) is 0 Å². The maximum absolute atomic E-state index is 11.9. The SMILES string of the molecule is CC(C)CCC(=O)C1=C(O)C(CC(C)C)OC1=O. The number of carbonyl (C=O) groups is 2. The molecule has 0 aromatic heterocycles. The molecule has 1 aliphatic heterocycles. The highest BCUT2D eigenvalue weighted by Crippen LogP contribution is 2.27. The monoisotopic (exact) mass is 254 g/mol. The second kappa shape index (κ2) is 6.03. The molecule has 0 radical (unpaired) electrons. The van der Waals surface area contributed by atoms with E-state index in [0.29, 0.717) is 18.8 Å². The first-order valence-corrected chi connectivity index (χ1v) is 6.50. The van der Waals surface area contributed by atoms with Crippen LogP contribution in [0.4, 0.5) is 0 Å². The Labute approximate surface area is 108 Å². The lowest BCUT2D eigenvalue weighted by Gasteiger charge is -2.11. The van der Waals surface area contributed by atoms with Crippen LogP contribution in [-0.2, 0) is 14.3 Å². The van der Waals surface area contributed by atoms with Crippen molar-refractivity contribution in [1.29, 1.82) is 0 Å². The van der Waals surface area contributed by atoms with Crippen molar-refractivity contribution < 1.29 is 19.4 Å². The van der Waals surface area contributed by atoms with Crippen LogP contribution < -0.4 is 0 Å². The minimum atomic E-state index is -0.674. The molecule has 1 atom stereocenters. The first-order chi connectivity index (χ1) is 8.32. The van der Waals surface area contributed by atoms with Gasteiger partial charge in [0.2, 0.25) is 0 Å². The van der Waals surface area contributed by atoms with Crippen LogP contribution in [0, 0.1) is 11.8 Å². The minimum absolute atomic E-state index is 0.138. The zero-order valence-electron chi connectivity index (χ0n) is 11.5. The Bertz CT molecular complexity index is 366. The summed E-state index contributed by atoms with van der Waals surface area (Å²) in [5, 5.41) is 9.92. The molecule has 1 N–H and O–H groups in total. The number of hydrogen-bond donors (Lipinski definition) is 1. The summed E-state index contributed by atoms with van der Waals surface area (Å²) in [5.41, 5.74) is -0.138. The highest BCUT2D eigenvalue weighted by molar-refractivity contribution is 6.19. The summed E-state index contributed by atoms with van der Waals surface area (Å²) in [6.45, 7) is 7.96. The fraction of sp³-hybridized carbons (Fsp3) is 0.714. The van der Waals surface area contributed by atoms with Crippen molar-refractivity contribution in [2.75, 3.05) is 0 Å². The summed E-state index contributed by atoms with van der Waals surface area (Å²) in [5.74, 6) is -0.484. The van der Waals surface area contributed by atoms with E-state index in [0.717, 1.165) is 0 Å². The molecule has 4 nitrogen and oxygen atoms in total. The van der Waals surface area contributed by atoms with Gasteiger partial charge in [-0.3, -0.25) is 4.79 Å². The Morgan fingerprint density at radius 1 is 1.28 bits per heavy atom. The number of aliphatic hydroxyl groups is 1. The van der Waals surface area contributed by atoms with Gasteiger partial charge in [-0.1, -0.05) is 27.7 Å². The third-order valence-corrected chi connectivity index (χ3v) is 2.93. The summed E-state index contributed by atoms with van der Waals surface area (Å²) in [6, 6.07) is 0. The number of rotatable bonds is 6. The number of cyclic esters (lactones) is 1. The first kappa shape index (κ1) is 14.7. The van der Waals surface area contributed by atoms with E-state index in [4.69, 9.17) is 4.74 Å². The largest absolute Gasteiger partial charge is 0.507 e. The van der Waals surface area contributed by atoms with E-state index in [1.54, 1.807) is 0 Å². The van der Waals surface area contributed by atoms with Crippen molar-refractivity contribution >= 4 is 11.8 Å². The lowest BCUT2D eigenvalue weighted by atomic mass is 9.98. The Morgan fingerprint density at radius 3 is 2.39 bits per heavy atom. The standard InChI is InChI=1S/C14H22O4/c1-8(2)5-6-10(15)12-13(16)11(7-9(3)4)18-14(12)17/h8-9,11,16H,5-7H2,1-4H3. The van der Waals surface area contributed by atoms with Crippen LogP contribution in [0.15, 0.2) is 11.3 Å². The average Bonchev–Trinajstić information content (AvgIpc) is 2.50. The molecule has 1 aliphatic rings. The van der Waals surface area contributed by atoms with Crippen LogP contribution in [0.1, 0.15) is 47.0 Å². The predicted molar refractivity (Wildman–Crippen MR) is 68.1 cm³/mol. The molecule has 0 aromatic carbocycles. The van der Waals surface area contributed by atoms with E-state index >= 15 is 0 Å². The summed E-state index contributed by atoms with van der Waals surface area (Å²) in [7, 11) is 0. The molecule has 1 unspecified atom stereocenters. The van der Waals surface area contributed by atoms with Gasteiger partial charge in [0.25, 0.3) is 0 Å². The summed E-state index contributed by atoms with van der Waals surface area (Å²) in [6.07, 6.45) is 0.882. The second-order valence-corrected chi connectivity index (χ2v) is 5.64. The van der Waals surface area contributed by atoms with Gasteiger partial charge in [-0.2, -0.15) is 0 Å². The molecule has 0 aliphatic carbocycles.